The van der Waals surface area contributed by atoms with Gasteiger partial charge in [0.15, 0.2) is 0 Å². The fourth-order valence-corrected chi connectivity index (χ4v) is 1.66. The van der Waals surface area contributed by atoms with Gasteiger partial charge in [-0.1, -0.05) is 6.42 Å². The van der Waals surface area contributed by atoms with Gasteiger partial charge in [-0.05, 0) is 12.3 Å². The molecule has 1 saturated carbocycles. The molecule has 0 aromatic carbocycles. The third kappa shape index (κ3) is 1.45. The van der Waals surface area contributed by atoms with Gasteiger partial charge in [0.25, 0.3) is 0 Å². The fourth-order valence-electron chi connectivity index (χ4n) is 1.66. The van der Waals surface area contributed by atoms with Gasteiger partial charge in [0.1, 0.15) is 0 Å². The molecule has 10 heavy (non-hydrogen) atoms. The molecule has 0 N–H and O–H groups in total. The Morgan fingerprint density at radius 3 is 3.20 bits per heavy atom. The summed E-state index contributed by atoms with van der Waals surface area (Å²) in [6.45, 7) is 0. The van der Waals surface area contributed by atoms with Crippen molar-refractivity contribution in [2.75, 3.05) is 0 Å². The van der Waals surface area contributed by atoms with Crippen LogP contribution in [0.1, 0.15) is 19.3 Å². The summed E-state index contributed by atoms with van der Waals surface area (Å²) in [4.78, 5) is 0. The largest absolute Gasteiger partial charge is 2.00 e. The second kappa shape index (κ2) is 3.57. The van der Waals surface area contributed by atoms with Crippen LogP contribution in [0.25, 0.3) is 0 Å². The summed E-state index contributed by atoms with van der Waals surface area (Å²) in [6, 6.07) is 0. The van der Waals surface area contributed by atoms with Crippen LogP contribution in [0.3, 0.4) is 0 Å². The van der Waals surface area contributed by atoms with Crippen molar-refractivity contribution in [2.24, 2.45) is 5.92 Å². The quantitative estimate of drug-likeness (QED) is 0.539. The summed E-state index contributed by atoms with van der Waals surface area (Å²) < 4.78 is 0. The molecule has 1 atom stereocenters. The standard InChI is InChI=1S/C9H11.Zr/c1-2-5-9-7-3-6-8(9)4-1;/h1-2,4,6,9H,3,5,7H2;/q-1;+2. The third-order valence-electron chi connectivity index (χ3n) is 2.21. The second-order valence-corrected chi connectivity index (χ2v) is 2.81. The topological polar surface area (TPSA) is 0 Å². The van der Waals surface area contributed by atoms with Crippen molar-refractivity contribution in [2.45, 2.75) is 19.3 Å². The van der Waals surface area contributed by atoms with E-state index in [1.165, 1.54) is 19.3 Å². The molecular formula is C9H11Zr+. The van der Waals surface area contributed by atoms with E-state index in [-0.39, 0.29) is 26.2 Å². The minimum absolute atomic E-state index is 0. The van der Waals surface area contributed by atoms with E-state index >= 15 is 0 Å². The van der Waals surface area contributed by atoms with E-state index < -0.39 is 0 Å². The first-order valence-corrected chi connectivity index (χ1v) is 3.67. The smallest absolute Gasteiger partial charge is 0.227 e. The van der Waals surface area contributed by atoms with Crippen LogP contribution in [0.5, 0.6) is 0 Å². The predicted octanol–water partition coefficient (Wildman–Crippen LogP) is 2.48. The average molecular weight is 210 g/mol. The zero-order chi connectivity index (χ0) is 6.10. The van der Waals surface area contributed by atoms with Crippen molar-refractivity contribution in [3.05, 3.63) is 30.2 Å². The van der Waals surface area contributed by atoms with Crippen LogP contribution in [0, 0.1) is 12.3 Å². The fraction of sp³-hybridized carbons (Fsp3) is 0.444. The van der Waals surface area contributed by atoms with Gasteiger partial charge in [0, 0.05) is 0 Å². The van der Waals surface area contributed by atoms with Crippen LogP contribution in [-0.4, -0.2) is 0 Å². The number of allylic oxidation sites excluding steroid dienone is 4. The normalized spacial score (nSPS) is 28.0. The Morgan fingerprint density at radius 1 is 1.50 bits per heavy atom. The Hall–Kier alpha value is 0.233. The molecule has 2 aliphatic carbocycles. The molecule has 1 heteroatoms. The Labute approximate surface area is 81.5 Å². The van der Waals surface area contributed by atoms with E-state index in [1.54, 1.807) is 5.57 Å². The first-order chi connectivity index (χ1) is 4.47. The van der Waals surface area contributed by atoms with E-state index in [4.69, 9.17) is 0 Å². The predicted molar refractivity (Wildman–Crippen MR) is 38.9 cm³/mol. The molecule has 2 rings (SSSR count). The zero-order valence-corrected chi connectivity index (χ0v) is 8.47. The summed E-state index contributed by atoms with van der Waals surface area (Å²) >= 11 is 0. The molecule has 0 amide bonds. The Kier molecular flexibility index (Phi) is 2.98. The Balaban J connectivity index is 0.000000500. The summed E-state index contributed by atoms with van der Waals surface area (Å²) in [7, 11) is 0. The monoisotopic (exact) mass is 209 g/mol. The molecule has 50 valence electrons. The SMILES string of the molecule is C1=CCC2CC[CH-]C2=C1.[Zr+2]. The summed E-state index contributed by atoms with van der Waals surface area (Å²) in [5.41, 5.74) is 1.58. The third-order valence-corrected chi connectivity index (χ3v) is 2.21. The van der Waals surface area contributed by atoms with Crippen LogP contribution in [0.4, 0.5) is 0 Å². The van der Waals surface area contributed by atoms with Gasteiger partial charge in [-0.25, -0.2) is 18.1 Å². The second-order valence-electron chi connectivity index (χ2n) is 2.81. The molecule has 1 fully saturated rings. The molecule has 2 aliphatic rings. The molecular weight excluding hydrogens is 199 g/mol. The Morgan fingerprint density at radius 2 is 2.40 bits per heavy atom. The molecule has 0 saturated heterocycles. The minimum atomic E-state index is 0. The summed E-state index contributed by atoms with van der Waals surface area (Å²) in [6.07, 6.45) is 13.0. The maximum atomic E-state index is 2.37. The minimum Gasteiger partial charge on any atom is -0.227 e. The van der Waals surface area contributed by atoms with E-state index in [0.29, 0.717) is 0 Å². The molecule has 0 spiro atoms. The van der Waals surface area contributed by atoms with E-state index in [1.807, 2.05) is 0 Å². The van der Waals surface area contributed by atoms with Crippen molar-refractivity contribution in [3.8, 4) is 0 Å². The van der Waals surface area contributed by atoms with E-state index in [2.05, 4.69) is 24.6 Å². The van der Waals surface area contributed by atoms with Crippen molar-refractivity contribution in [1.82, 2.24) is 0 Å². The molecule has 0 heterocycles. The van der Waals surface area contributed by atoms with Crippen LogP contribution >= 0.6 is 0 Å². The van der Waals surface area contributed by atoms with Gasteiger partial charge in [-0.15, -0.1) is 18.6 Å². The maximum Gasteiger partial charge on any atom is 2.00 e. The van der Waals surface area contributed by atoms with Gasteiger partial charge in [-0.2, -0.15) is 0 Å². The molecule has 0 aromatic heterocycles. The molecule has 0 bridgehead atoms. The van der Waals surface area contributed by atoms with Crippen LogP contribution < -0.4 is 0 Å². The molecule has 0 aliphatic heterocycles. The number of hydrogen-bond acceptors (Lipinski definition) is 0. The van der Waals surface area contributed by atoms with Gasteiger partial charge in [0.2, 0.25) is 0 Å². The molecule has 0 aromatic rings. The van der Waals surface area contributed by atoms with Gasteiger partial charge >= 0.3 is 26.2 Å². The number of hydrogen-bond donors (Lipinski definition) is 0. The maximum absolute atomic E-state index is 2.37. The first-order valence-electron chi connectivity index (χ1n) is 3.67. The Bertz CT molecular complexity index is 168. The van der Waals surface area contributed by atoms with Crippen LogP contribution in [-0.2, 0) is 26.2 Å². The van der Waals surface area contributed by atoms with Crippen molar-refractivity contribution >= 4 is 0 Å². The average Bonchev–Trinajstić information content (AvgIpc) is 2.33. The summed E-state index contributed by atoms with van der Waals surface area (Å²) in [5.74, 6) is 0.884. The molecule has 0 radical (unpaired) electrons. The number of rotatable bonds is 0. The number of fused-ring (bicyclic) bond motifs is 1. The first kappa shape index (κ1) is 8.33. The van der Waals surface area contributed by atoms with Crippen LogP contribution in [0.15, 0.2) is 23.8 Å². The zero-order valence-electron chi connectivity index (χ0n) is 6.01. The van der Waals surface area contributed by atoms with Crippen LogP contribution in [0.2, 0.25) is 0 Å². The molecule has 0 nitrogen and oxygen atoms in total. The van der Waals surface area contributed by atoms with E-state index in [0.717, 1.165) is 5.92 Å². The van der Waals surface area contributed by atoms with Gasteiger partial charge in [-0.3, -0.25) is 0 Å². The van der Waals surface area contributed by atoms with Crippen molar-refractivity contribution in [1.29, 1.82) is 0 Å². The van der Waals surface area contributed by atoms with E-state index in [9.17, 15) is 0 Å². The van der Waals surface area contributed by atoms with Gasteiger partial charge < -0.3 is 0 Å². The van der Waals surface area contributed by atoms with Crippen molar-refractivity contribution in [3.63, 3.8) is 0 Å². The molecule has 1 unspecified atom stereocenters. The van der Waals surface area contributed by atoms with Crippen molar-refractivity contribution < 1.29 is 26.2 Å². The summed E-state index contributed by atoms with van der Waals surface area (Å²) in [5, 5.41) is 0. The van der Waals surface area contributed by atoms with Gasteiger partial charge in [0.05, 0.1) is 0 Å².